The molecule has 1 rings (SSSR count). The molecule has 1 atom stereocenters. The van der Waals surface area contributed by atoms with Crippen molar-refractivity contribution in [2.45, 2.75) is 39.2 Å². The van der Waals surface area contributed by atoms with Gasteiger partial charge in [0.2, 0.25) is 0 Å². The maximum Gasteiger partial charge on any atom is 0.0939 e. The molecule has 1 N–H and O–H groups in total. The maximum absolute atomic E-state index is 8.44. The molecule has 78 valence electrons. The van der Waals surface area contributed by atoms with Crippen molar-refractivity contribution < 1.29 is 10.1 Å². The highest BCUT2D eigenvalue weighted by Gasteiger charge is 2.04. The fraction of sp³-hybridized carbons (Fsp3) is 0.500. The van der Waals surface area contributed by atoms with Crippen molar-refractivity contribution in [1.82, 2.24) is 0 Å². The summed E-state index contributed by atoms with van der Waals surface area (Å²) < 4.78 is 0. The SMILES string of the molecule is CC(Cc1ccc(C(C)C)cc1)OO. The van der Waals surface area contributed by atoms with Gasteiger partial charge in [-0.3, -0.25) is 5.26 Å². The molecule has 0 aromatic heterocycles. The van der Waals surface area contributed by atoms with E-state index in [-0.39, 0.29) is 6.10 Å². The molecule has 0 bridgehead atoms. The molecular formula is C12H18O2. The lowest BCUT2D eigenvalue weighted by atomic mass is 10.00. The monoisotopic (exact) mass is 194 g/mol. The van der Waals surface area contributed by atoms with Crippen LogP contribution in [0.15, 0.2) is 24.3 Å². The van der Waals surface area contributed by atoms with E-state index in [1.807, 2.05) is 6.92 Å². The first-order chi connectivity index (χ1) is 6.63. The normalized spacial score (nSPS) is 13.2. The highest BCUT2D eigenvalue weighted by Crippen LogP contribution is 2.15. The zero-order valence-electron chi connectivity index (χ0n) is 9.03. The molecule has 1 aromatic rings. The Morgan fingerprint density at radius 1 is 1.14 bits per heavy atom. The fourth-order valence-electron chi connectivity index (χ4n) is 1.41. The van der Waals surface area contributed by atoms with Gasteiger partial charge >= 0.3 is 0 Å². The van der Waals surface area contributed by atoms with E-state index >= 15 is 0 Å². The minimum atomic E-state index is -0.139. The molecule has 0 aliphatic carbocycles. The lowest BCUT2D eigenvalue weighted by molar-refractivity contribution is -0.273. The molecule has 0 fully saturated rings. The van der Waals surface area contributed by atoms with Gasteiger partial charge in [-0.05, 0) is 24.0 Å². The zero-order valence-corrected chi connectivity index (χ0v) is 9.03. The van der Waals surface area contributed by atoms with Crippen LogP contribution in [0.1, 0.15) is 37.8 Å². The Morgan fingerprint density at radius 2 is 1.71 bits per heavy atom. The molecular weight excluding hydrogens is 176 g/mol. The third-order valence-corrected chi connectivity index (χ3v) is 2.35. The second-order valence-corrected chi connectivity index (χ2v) is 4.02. The predicted octanol–water partition coefficient (Wildman–Crippen LogP) is 3.23. The van der Waals surface area contributed by atoms with Crippen molar-refractivity contribution >= 4 is 0 Å². The van der Waals surface area contributed by atoms with Crippen LogP contribution in [-0.4, -0.2) is 11.4 Å². The summed E-state index contributed by atoms with van der Waals surface area (Å²) in [6.45, 7) is 6.19. The van der Waals surface area contributed by atoms with Crippen LogP contribution in [0.3, 0.4) is 0 Å². The van der Waals surface area contributed by atoms with Crippen LogP contribution in [0.5, 0.6) is 0 Å². The van der Waals surface area contributed by atoms with E-state index in [2.05, 4.69) is 43.0 Å². The van der Waals surface area contributed by atoms with E-state index in [1.54, 1.807) is 0 Å². The Bertz CT molecular complexity index is 264. The van der Waals surface area contributed by atoms with E-state index in [9.17, 15) is 0 Å². The Balaban J connectivity index is 2.64. The molecule has 1 aromatic carbocycles. The molecule has 0 saturated carbocycles. The molecule has 0 spiro atoms. The summed E-state index contributed by atoms with van der Waals surface area (Å²) >= 11 is 0. The fourth-order valence-corrected chi connectivity index (χ4v) is 1.41. The smallest absolute Gasteiger partial charge is 0.0939 e. The van der Waals surface area contributed by atoms with Crippen LogP contribution in [0, 0.1) is 0 Å². The number of rotatable bonds is 4. The molecule has 0 aliphatic rings. The molecule has 2 nitrogen and oxygen atoms in total. The van der Waals surface area contributed by atoms with Gasteiger partial charge in [-0.15, -0.1) is 0 Å². The predicted molar refractivity (Wildman–Crippen MR) is 57.4 cm³/mol. The number of benzene rings is 1. The Kier molecular flexibility index (Phi) is 4.11. The lowest BCUT2D eigenvalue weighted by Gasteiger charge is -2.09. The minimum Gasteiger partial charge on any atom is -0.252 e. The third-order valence-electron chi connectivity index (χ3n) is 2.35. The van der Waals surface area contributed by atoms with Crippen molar-refractivity contribution in [2.75, 3.05) is 0 Å². The van der Waals surface area contributed by atoms with E-state index in [0.29, 0.717) is 5.92 Å². The van der Waals surface area contributed by atoms with Crippen LogP contribution in [0.25, 0.3) is 0 Å². The lowest BCUT2D eigenvalue weighted by Crippen LogP contribution is -2.08. The van der Waals surface area contributed by atoms with Gasteiger partial charge in [0.25, 0.3) is 0 Å². The van der Waals surface area contributed by atoms with E-state index in [1.165, 1.54) is 11.1 Å². The average Bonchev–Trinajstić information content (AvgIpc) is 2.18. The van der Waals surface area contributed by atoms with Crippen molar-refractivity contribution in [3.8, 4) is 0 Å². The molecule has 2 heteroatoms. The maximum atomic E-state index is 8.44. The summed E-state index contributed by atoms with van der Waals surface area (Å²) in [5.41, 5.74) is 2.53. The second kappa shape index (κ2) is 5.13. The molecule has 0 radical (unpaired) electrons. The summed E-state index contributed by atoms with van der Waals surface area (Å²) in [6.07, 6.45) is 0.606. The topological polar surface area (TPSA) is 29.5 Å². The highest BCUT2D eigenvalue weighted by molar-refractivity contribution is 5.24. The summed E-state index contributed by atoms with van der Waals surface area (Å²) in [5, 5.41) is 8.44. The Labute approximate surface area is 85.5 Å². The Hall–Kier alpha value is -0.860. The Morgan fingerprint density at radius 3 is 2.14 bits per heavy atom. The van der Waals surface area contributed by atoms with E-state index in [4.69, 9.17) is 5.26 Å². The van der Waals surface area contributed by atoms with Crippen molar-refractivity contribution in [3.63, 3.8) is 0 Å². The van der Waals surface area contributed by atoms with Crippen molar-refractivity contribution in [2.24, 2.45) is 0 Å². The minimum absolute atomic E-state index is 0.139. The van der Waals surface area contributed by atoms with Crippen LogP contribution in [0.2, 0.25) is 0 Å². The van der Waals surface area contributed by atoms with Crippen LogP contribution in [0.4, 0.5) is 0 Å². The first kappa shape index (κ1) is 11.2. The molecule has 0 aliphatic heterocycles. The van der Waals surface area contributed by atoms with E-state index in [0.717, 1.165) is 6.42 Å². The number of hydrogen-bond acceptors (Lipinski definition) is 2. The van der Waals surface area contributed by atoms with Gasteiger partial charge in [-0.1, -0.05) is 38.1 Å². The molecule has 0 saturated heterocycles. The molecule has 14 heavy (non-hydrogen) atoms. The van der Waals surface area contributed by atoms with Gasteiger partial charge in [0, 0.05) is 6.42 Å². The highest BCUT2D eigenvalue weighted by atomic mass is 17.1. The van der Waals surface area contributed by atoms with Crippen LogP contribution >= 0.6 is 0 Å². The third kappa shape index (κ3) is 3.13. The summed E-state index contributed by atoms with van der Waals surface area (Å²) in [6, 6.07) is 8.43. The first-order valence-corrected chi connectivity index (χ1v) is 5.02. The summed E-state index contributed by atoms with van der Waals surface area (Å²) in [4.78, 5) is 4.23. The summed E-state index contributed by atoms with van der Waals surface area (Å²) in [5.74, 6) is 0.565. The van der Waals surface area contributed by atoms with Gasteiger partial charge in [0.1, 0.15) is 0 Å². The largest absolute Gasteiger partial charge is 0.252 e. The van der Waals surface area contributed by atoms with Gasteiger partial charge < -0.3 is 0 Å². The van der Waals surface area contributed by atoms with Crippen molar-refractivity contribution in [1.29, 1.82) is 0 Å². The van der Waals surface area contributed by atoms with Crippen molar-refractivity contribution in [3.05, 3.63) is 35.4 Å². The van der Waals surface area contributed by atoms with Crippen LogP contribution in [-0.2, 0) is 11.3 Å². The standard InChI is InChI=1S/C12H18O2/c1-9(2)12-6-4-11(5-7-12)8-10(3)14-13/h4-7,9-10,13H,8H2,1-3H3. The number of hydrogen-bond donors (Lipinski definition) is 1. The van der Waals surface area contributed by atoms with Gasteiger partial charge in [-0.25, -0.2) is 4.89 Å². The van der Waals surface area contributed by atoms with Gasteiger partial charge in [0.15, 0.2) is 0 Å². The quantitative estimate of drug-likeness (QED) is 0.589. The molecule has 0 amide bonds. The van der Waals surface area contributed by atoms with Crippen LogP contribution < -0.4 is 0 Å². The van der Waals surface area contributed by atoms with E-state index < -0.39 is 0 Å². The van der Waals surface area contributed by atoms with Gasteiger partial charge in [0.05, 0.1) is 6.10 Å². The zero-order chi connectivity index (χ0) is 10.6. The van der Waals surface area contributed by atoms with Gasteiger partial charge in [-0.2, -0.15) is 0 Å². The first-order valence-electron chi connectivity index (χ1n) is 5.02. The molecule has 0 heterocycles. The average molecular weight is 194 g/mol. The second-order valence-electron chi connectivity index (χ2n) is 4.02. The molecule has 1 unspecified atom stereocenters. The summed E-state index contributed by atoms with van der Waals surface area (Å²) in [7, 11) is 0.